The first-order valence-electron chi connectivity index (χ1n) is 18.0. The van der Waals surface area contributed by atoms with Gasteiger partial charge in [0.05, 0.1) is 26.8 Å². The molecule has 7 aromatic rings. The van der Waals surface area contributed by atoms with Crippen molar-refractivity contribution in [1.29, 1.82) is 10.5 Å². The Morgan fingerprint density at radius 2 is 1.45 bits per heavy atom. The molecule has 62 heavy (non-hydrogen) atoms. The van der Waals surface area contributed by atoms with Gasteiger partial charge in [0, 0.05) is 29.3 Å². The highest BCUT2D eigenvalue weighted by Gasteiger charge is 2.26. The molecule has 0 amide bonds. The van der Waals surface area contributed by atoms with Gasteiger partial charge in [0.15, 0.2) is 15.7 Å². The summed E-state index contributed by atoms with van der Waals surface area (Å²) in [6, 6.07) is 33.0. The average Bonchev–Trinajstić information content (AvgIpc) is 3.60. The molecule has 0 spiro atoms. The first-order chi connectivity index (χ1) is 29.5. The highest BCUT2D eigenvalue weighted by atomic mass is 32.2. The van der Waals surface area contributed by atoms with Crippen LogP contribution >= 0.6 is 11.3 Å². The molecule has 5 aromatic carbocycles. The number of rotatable bonds is 12. The maximum Gasteiger partial charge on any atom is 0.301 e. The van der Waals surface area contributed by atoms with Crippen LogP contribution in [0.4, 0.5) is 38.6 Å². The van der Waals surface area contributed by atoms with Gasteiger partial charge < -0.3 is 5.32 Å². The highest BCUT2D eigenvalue weighted by molar-refractivity contribution is 7.86. The van der Waals surface area contributed by atoms with Gasteiger partial charge in [-0.1, -0.05) is 77.6 Å². The summed E-state index contributed by atoms with van der Waals surface area (Å²) in [6.45, 7) is 3.61. The number of aryl methyl sites for hydroxylation is 1. The molecule has 20 heteroatoms. The van der Waals surface area contributed by atoms with Crippen LogP contribution in [0.1, 0.15) is 33.5 Å². The average molecular weight is 884 g/mol. The Labute approximate surface area is 357 Å². The Kier molecular flexibility index (Phi) is 11.8. The molecule has 0 aliphatic heterocycles. The van der Waals surface area contributed by atoms with Crippen molar-refractivity contribution in [2.75, 3.05) is 5.32 Å². The van der Waals surface area contributed by atoms with Crippen molar-refractivity contribution in [3.63, 3.8) is 0 Å². The van der Waals surface area contributed by atoms with Crippen molar-refractivity contribution in [1.82, 2.24) is 4.98 Å². The lowest BCUT2D eigenvalue weighted by molar-refractivity contribution is -0.387. The van der Waals surface area contributed by atoms with Gasteiger partial charge in [-0.05, 0) is 78.2 Å². The smallest absolute Gasteiger partial charge is 0.301 e. The van der Waals surface area contributed by atoms with Gasteiger partial charge in [0.25, 0.3) is 15.8 Å². The number of nitro benzene ring substituents is 1. The van der Waals surface area contributed by atoms with Gasteiger partial charge in [0.2, 0.25) is 0 Å². The van der Waals surface area contributed by atoms with Crippen LogP contribution in [0, 0.1) is 46.6 Å². The summed E-state index contributed by atoms with van der Waals surface area (Å²) in [6.07, 6.45) is 0.269. The lowest BCUT2D eigenvalue weighted by atomic mass is 10.00. The Bertz CT molecular complexity index is 3320. The van der Waals surface area contributed by atoms with Crippen molar-refractivity contribution >= 4 is 80.9 Å². The highest BCUT2D eigenvalue weighted by Crippen LogP contribution is 2.49. The largest absolute Gasteiger partial charge is 0.338 e. The minimum Gasteiger partial charge on any atom is -0.338 e. The molecule has 2 heterocycles. The van der Waals surface area contributed by atoms with E-state index in [1.54, 1.807) is 13.0 Å². The summed E-state index contributed by atoms with van der Waals surface area (Å²) in [5.74, 6) is 0.129. The molecule has 0 aliphatic rings. The number of anilines is 2. The number of benzene rings is 5. The van der Waals surface area contributed by atoms with E-state index in [-0.39, 0.29) is 55.2 Å². The molecule has 3 N–H and O–H groups in total. The van der Waals surface area contributed by atoms with Crippen molar-refractivity contribution in [3.05, 3.63) is 153 Å². The van der Waals surface area contributed by atoms with E-state index in [4.69, 9.17) is 4.98 Å². The molecular weight excluding hydrogens is 855 g/mol. The van der Waals surface area contributed by atoms with Crippen LogP contribution in [-0.2, 0) is 26.7 Å². The summed E-state index contributed by atoms with van der Waals surface area (Å²) < 4.78 is 66.7. The first kappa shape index (κ1) is 42.5. The normalized spacial score (nSPS) is 11.8. The third kappa shape index (κ3) is 9.10. The summed E-state index contributed by atoms with van der Waals surface area (Å²) in [5.41, 5.74) is 3.19. The molecule has 0 aliphatic carbocycles. The van der Waals surface area contributed by atoms with E-state index in [0.29, 0.717) is 22.5 Å². The second-order valence-electron chi connectivity index (χ2n) is 13.6. The zero-order valence-corrected chi connectivity index (χ0v) is 34.7. The van der Waals surface area contributed by atoms with Gasteiger partial charge in [-0.25, -0.2) is 4.98 Å². The van der Waals surface area contributed by atoms with Crippen molar-refractivity contribution in [2.45, 2.75) is 30.1 Å². The molecular formula is C42H29N9O8S3. The predicted octanol–water partition coefficient (Wildman–Crippen LogP) is 10.9. The van der Waals surface area contributed by atoms with E-state index in [1.807, 2.05) is 67.6 Å². The summed E-state index contributed by atoms with van der Waals surface area (Å²) in [4.78, 5) is 14.0. The lowest BCUT2D eigenvalue weighted by Crippen LogP contribution is -2.05. The molecule has 0 atom stereocenters. The van der Waals surface area contributed by atoms with Gasteiger partial charge >= 0.3 is 10.1 Å². The molecule has 2 aromatic heterocycles. The molecule has 0 fully saturated rings. The first-order valence-corrected chi connectivity index (χ1v) is 21.7. The molecule has 7 rings (SSSR count). The Hall–Kier alpha value is -7.59. The van der Waals surface area contributed by atoms with E-state index < -0.39 is 35.7 Å². The summed E-state index contributed by atoms with van der Waals surface area (Å²) >= 11 is 0.897. The monoisotopic (exact) mass is 883 g/mol. The molecule has 0 radical (unpaired) electrons. The maximum absolute atomic E-state index is 12.0. The van der Waals surface area contributed by atoms with Crippen LogP contribution in [-0.4, -0.2) is 35.8 Å². The number of nitriles is 2. The summed E-state index contributed by atoms with van der Waals surface area (Å²) in [7, 11) is -9.52. The summed E-state index contributed by atoms with van der Waals surface area (Å²) in [5, 5.41) is 55.0. The zero-order valence-electron chi connectivity index (χ0n) is 32.2. The fourth-order valence-corrected chi connectivity index (χ4v) is 8.45. The van der Waals surface area contributed by atoms with Gasteiger partial charge in [0.1, 0.15) is 28.4 Å². The second kappa shape index (κ2) is 17.2. The van der Waals surface area contributed by atoms with Crippen LogP contribution in [0.3, 0.4) is 0 Å². The number of hydrogen-bond donors (Lipinski definition) is 3. The number of azo groups is 2. The Balaban J connectivity index is 1.38. The third-order valence-corrected chi connectivity index (χ3v) is 12.2. The molecule has 0 bridgehead atoms. The number of nitro groups is 1. The van der Waals surface area contributed by atoms with E-state index in [2.05, 4.69) is 37.9 Å². The van der Waals surface area contributed by atoms with Crippen molar-refractivity contribution in [2.24, 2.45) is 20.5 Å². The second-order valence-corrected chi connectivity index (χ2v) is 17.4. The van der Waals surface area contributed by atoms with Gasteiger partial charge in [-0.3, -0.25) is 19.2 Å². The number of pyridine rings is 1. The third-order valence-electron chi connectivity index (χ3n) is 9.44. The van der Waals surface area contributed by atoms with E-state index in [1.165, 1.54) is 24.3 Å². The van der Waals surface area contributed by atoms with E-state index in [9.17, 15) is 46.6 Å². The Morgan fingerprint density at radius 3 is 2.10 bits per heavy atom. The fourth-order valence-electron chi connectivity index (χ4n) is 6.37. The van der Waals surface area contributed by atoms with Crippen molar-refractivity contribution in [3.8, 4) is 23.3 Å². The number of thiophene rings is 1. The predicted molar refractivity (Wildman–Crippen MR) is 230 cm³/mol. The molecule has 0 unspecified atom stereocenters. The molecule has 0 saturated heterocycles. The SMILES string of the molecule is Cc1ccc(Cc2nc(Nc3ccc(S(=O)(=O)O)cc3)c(N=Nc3sc(N=Nc4ccc([N+](=O)[O-])c(S(=O)(=O)O)c4)c(-c4ccc5ccccc5c4)c3C#N)c(C)c2C#N)cc1. The van der Waals surface area contributed by atoms with E-state index in [0.717, 1.165) is 51.4 Å². The van der Waals surface area contributed by atoms with Crippen LogP contribution in [0.2, 0.25) is 0 Å². The van der Waals surface area contributed by atoms with Gasteiger partial charge in [-0.2, -0.15) is 27.4 Å². The fraction of sp³-hybridized carbons (Fsp3) is 0.0714. The van der Waals surface area contributed by atoms with E-state index >= 15 is 0 Å². The number of aromatic nitrogens is 1. The number of nitrogens with one attached hydrogen (secondary N) is 1. The molecule has 0 saturated carbocycles. The molecule has 17 nitrogen and oxygen atoms in total. The number of nitrogens with zero attached hydrogens (tertiary/aromatic N) is 8. The van der Waals surface area contributed by atoms with Crippen LogP contribution < -0.4 is 5.32 Å². The maximum atomic E-state index is 12.0. The lowest BCUT2D eigenvalue weighted by Gasteiger charge is -2.15. The standard InChI is InChI=1S/C42H29N9O8S3/c1-24-7-9-26(10-8-24)19-35-33(22-43)25(2)39(40(46-35)45-30-13-16-32(17-14-30)61(54,55)56)48-49-41-34(23-44)38(29-12-11-27-5-3-4-6-28(27)20-29)42(60-41)50-47-31-15-18-36(51(52)53)37(21-31)62(57,58)59/h3-18,20-21H,19H2,1-2H3,(H,45,46)(H,54,55,56)(H,57,58,59). The minimum atomic E-state index is -5.03. The topological polar surface area (TPSA) is 274 Å². The van der Waals surface area contributed by atoms with Gasteiger partial charge in [-0.15, -0.1) is 20.5 Å². The van der Waals surface area contributed by atoms with Crippen LogP contribution in [0.25, 0.3) is 21.9 Å². The van der Waals surface area contributed by atoms with Crippen molar-refractivity contribution < 1.29 is 30.9 Å². The molecule has 308 valence electrons. The minimum absolute atomic E-state index is 0.0303. The van der Waals surface area contributed by atoms with Crippen LogP contribution in [0.15, 0.2) is 139 Å². The Morgan fingerprint density at radius 1 is 0.774 bits per heavy atom. The quantitative estimate of drug-likeness (QED) is 0.0447. The zero-order chi connectivity index (χ0) is 44.3. The van der Waals surface area contributed by atoms with Crippen LogP contribution in [0.5, 0.6) is 0 Å². The number of fused-ring (bicyclic) bond motifs is 1. The number of hydrogen-bond acceptors (Lipinski definition) is 15.